The summed E-state index contributed by atoms with van der Waals surface area (Å²) in [7, 11) is 0. The summed E-state index contributed by atoms with van der Waals surface area (Å²) in [6, 6.07) is 6.88. The second-order valence-electron chi connectivity index (χ2n) is 4.98. The summed E-state index contributed by atoms with van der Waals surface area (Å²) in [6.45, 7) is 6.05. The number of rotatable bonds is 4. The van der Waals surface area contributed by atoms with Gasteiger partial charge < -0.3 is 5.73 Å². The minimum atomic E-state index is -0.706. The van der Waals surface area contributed by atoms with E-state index in [9.17, 15) is 4.79 Å². The highest BCUT2D eigenvalue weighted by molar-refractivity contribution is 7.15. The Kier molecular flexibility index (Phi) is 6.26. The van der Waals surface area contributed by atoms with Gasteiger partial charge in [0.05, 0.1) is 0 Å². The number of amides is 1. The Morgan fingerprint density at radius 1 is 1.24 bits per heavy atom. The molecule has 1 unspecified atom stereocenters. The molecule has 0 aliphatic carbocycles. The molecule has 1 heterocycles. The SMILES string of the molecule is Cc1ccc(C(N)C(=O)Nc2nnc(C(C)C)s2)cc1.Cl. The number of nitrogens with two attached hydrogens (primary N) is 1. The maximum atomic E-state index is 12.1. The fourth-order valence-electron chi connectivity index (χ4n) is 1.63. The minimum Gasteiger partial charge on any atom is -0.316 e. The van der Waals surface area contributed by atoms with Crippen molar-refractivity contribution < 1.29 is 4.79 Å². The maximum Gasteiger partial charge on any atom is 0.247 e. The number of aromatic nitrogens is 2. The van der Waals surface area contributed by atoms with Crippen LogP contribution in [-0.2, 0) is 4.79 Å². The molecule has 0 aliphatic rings. The van der Waals surface area contributed by atoms with Crippen molar-refractivity contribution in [2.75, 3.05) is 5.32 Å². The highest BCUT2D eigenvalue weighted by atomic mass is 35.5. The number of hydrogen-bond acceptors (Lipinski definition) is 5. The van der Waals surface area contributed by atoms with Crippen molar-refractivity contribution >= 4 is 34.8 Å². The van der Waals surface area contributed by atoms with Gasteiger partial charge in [-0.1, -0.05) is 55.0 Å². The van der Waals surface area contributed by atoms with Crippen LogP contribution in [0.3, 0.4) is 0 Å². The van der Waals surface area contributed by atoms with Crippen molar-refractivity contribution in [3.05, 3.63) is 40.4 Å². The number of nitrogens with one attached hydrogen (secondary N) is 1. The molecule has 1 amide bonds. The number of nitrogens with zero attached hydrogens (tertiary/aromatic N) is 2. The number of carbonyl (C=O) groups is 1. The van der Waals surface area contributed by atoms with Crippen LogP contribution >= 0.6 is 23.7 Å². The summed E-state index contributed by atoms with van der Waals surface area (Å²) in [5, 5.41) is 12.1. The van der Waals surface area contributed by atoms with Gasteiger partial charge in [-0.15, -0.1) is 22.6 Å². The predicted octanol–water partition coefficient (Wildman–Crippen LogP) is 3.03. The summed E-state index contributed by atoms with van der Waals surface area (Å²) < 4.78 is 0. The molecule has 7 heteroatoms. The van der Waals surface area contributed by atoms with Gasteiger partial charge in [-0.05, 0) is 12.5 Å². The zero-order chi connectivity index (χ0) is 14.7. The molecular formula is C14H19ClN4OS. The molecule has 0 aliphatic heterocycles. The fourth-order valence-corrected chi connectivity index (χ4v) is 2.38. The van der Waals surface area contributed by atoms with Crippen LogP contribution < -0.4 is 11.1 Å². The van der Waals surface area contributed by atoms with Gasteiger partial charge in [-0.25, -0.2) is 0 Å². The molecule has 1 aromatic heterocycles. The molecule has 2 rings (SSSR count). The fraction of sp³-hybridized carbons (Fsp3) is 0.357. The molecule has 2 aromatic rings. The second kappa shape index (κ2) is 7.49. The van der Waals surface area contributed by atoms with Gasteiger partial charge in [0.25, 0.3) is 0 Å². The molecule has 0 spiro atoms. The van der Waals surface area contributed by atoms with Gasteiger partial charge in [0.15, 0.2) is 0 Å². The van der Waals surface area contributed by atoms with E-state index in [1.54, 1.807) is 0 Å². The molecule has 0 saturated heterocycles. The summed E-state index contributed by atoms with van der Waals surface area (Å²) in [6.07, 6.45) is 0. The zero-order valence-corrected chi connectivity index (χ0v) is 13.8. The molecule has 21 heavy (non-hydrogen) atoms. The lowest BCUT2D eigenvalue weighted by Crippen LogP contribution is -2.27. The van der Waals surface area contributed by atoms with Crippen LogP contribution in [0, 0.1) is 6.92 Å². The molecular weight excluding hydrogens is 308 g/mol. The normalized spacial score (nSPS) is 11.9. The Hall–Kier alpha value is -1.50. The van der Waals surface area contributed by atoms with E-state index in [0.717, 1.165) is 16.1 Å². The third kappa shape index (κ3) is 4.49. The van der Waals surface area contributed by atoms with Gasteiger partial charge in [0, 0.05) is 5.92 Å². The standard InChI is InChI=1S/C14H18N4OS.ClH/c1-8(2)13-17-18-14(20-13)16-12(19)11(15)10-6-4-9(3)5-7-10;/h4-8,11H,15H2,1-3H3,(H,16,18,19);1H. The van der Waals surface area contributed by atoms with E-state index < -0.39 is 6.04 Å². The van der Waals surface area contributed by atoms with Crippen LogP contribution in [0.15, 0.2) is 24.3 Å². The van der Waals surface area contributed by atoms with Crippen molar-refractivity contribution in [2.45, 2.75) is 32.7 Å². The smallest absolute Gasteiger partial charge is 0.247 e. The van der Waals surface area contributed by atoms with Crippen LogP contribution in [0.2, 0.25) is 0 Å². The van der Waals surface area contributed by atoms with Gasteiger partial charge >= 0.3 is 0 Å². The maximum absolute atomic E-state index is 12.1. The van der Waals surface area contributed by atoms with Crippen LogP contribution in [0.4, 0.5) is 5.13 Å². The van der Waals surface area contributed by atoms with Crippen LogP contribution in [0.5, 0.6) is 0 Å². The van der Waals surface area contributed by atoms with Crippen LogP contribution in [0.25, 0.3) is 0 Å². The number of halogens is 1. The predicted molar refractivity (Wildman–Crippen MR) is 88.0 cm³/mol. The third-order valence-corrected chi connectivity index (χ3v) is 4.02. The van der Waals surface area contributed by atoms with Crippen molar-refractivity contribution in [1.29, 1.82) is 0 Å². The Morgan fingerprint density at radius 3 is 2.38 bits per heavy atom. The summed E-state index contributed by atoms with van der Waals surface area (Å²) in [5.74, 6) is 0.0178. The lowest BCUT2D eigenvalue weighted by molar-refractivity contribution is -0.117. The van der Waals surface area contributed by atoms with Gasteiger partial charge in [-0.3, -0.25) is 10.1 Å². The lowest BCUT2D eigenvalue weighted by atomic mass is 10.1. The average Bonchev–Trinajstić information content (AvgIpc) is 2.87. The Balaban J connectivity index is 0.00000220. The number of carbonyl (C=O) groups excluding carboxylic acids is 1. The van der Waals surface area contributed by atoms with Crippen LogP contribution in [0.1, 0.15) is 41.9 Å². The van der Waals surface area contributed by atoms with Crippen molar-refractivity contribution in [2.24, 2.45) is 5.73 Å². The second-order valence-corrected chi connectivity index (χ2v) is 5.99. The summed E-state index contributed by atoms with van der Waals surface area (Å²) in [4.78, 5) is 12.1. The molecule has 0 fully saturated rings. The Labute approximate surface area is 134 Å². The molecule has 1 atom stereocenters. The third-order valence-electron chi connectivity index (χ3n) is 2.88. The monoisotopic (exact) mass is 326 g/mol. The van der Waals surface area contributed by atoms with Crippen molar-refractivity contribution in [3.63, 3.8) is 0 Å². The largest absolute Gasteiger partial charge is 0.316 e. The molecule has 1 aromatic carbocycles. The van der Waals surface area contributed by atoms with Gasteiger partial charge in [0.1, 0.15) is 11.0 Å². The highest BCUT2D eigenvalue weighted by Crippen LogP contribution is 2.23. The van der Waals surface area contributed by atoms with Gasteiger partial charge in [0.2, 0.25) is 11.0 Å². The number of anilines is 1. The summed E-state index contributed by atoms with van der Waals surface area (Å²) >= 11 is 1.37. The number of hydrogen-bond donors (Lipinski definition) is 2. The zero-order valence-electron chi connectivity index (χ0n) is 12.2. The molecule has 0 bridgehead atoms. The molecule has 5 nitrogen and oxygen atoms in total. The molecule has 114 valence electrons. The quantitative estimate of drug-likeness (QED) is 0.905. The van der Waals surface area contributed by atoms with E-state index in [1.165, 1.54) is 11.3 Å². The van der Waals surface area contributed by atoms with E-state index in [2.05, 4.69) is 15.5 Å². The van der Waals surface area contributed by atoms with Gasteiger partial charge in [-0.2, -0.15) is 0 Å². The van der Waals surface area contributed by atoms with E-state index >= 15 is 0 Å². The number of aryl methyl sites for hydroxylation is 1. The molecule has 0 saturated carbocycles. The summed E-state index contributed by atoms with van der Waals surface area (Å²) in [5.41, 5.74) is 7.86. The molecule has 3 N–H and O–H groups in total. The minimum absolute atomic E-state index is 0. The van der Waals surface area contributed by atoms with Crippen LogP contribution in [-0.4, -0.2) is 16.1 Å². The first-order valence-corrected chi connectivity index (χ1v) is 7.25. The van der Waals surface area contributed by atoms with Crippen molar-refractivity contribution in [1.82, 2.24) is 10.2 Å². The Bertz CT molecular complexity index is 597. The first-order chi connectivity index (χ1) is 9.47. The number of benzene rings is 1. The van der Waals surface area contributed by atoms with Crippen molar-refractivity contribution in [3.8, 4) is 0 Å². The Morgan fingerprint density at radius 2 is 1.86 bits per heavy atom. The highest BCUT2D eigenvalue weighted by Gasteiger charge is 2.18. The molecule has 0 radical (unpaired) electrons. The van der Waals surface area contributed by atoms with E-state index in [0.29, 0.717) is 11.0 Å². The van der Waals surface area contributed by atoms with E-state index in [4.69, 9.17) is 5.73 Å². The lowest BCUT2D eigenvalue weighted by Gasteiger charge is -2.11. The van der Waals surface area contributed by atoms with E-state index in [-0.39, 0.29) is 18.3 Å². The first-order valence-electron chi connectivity index (χ1n) is 6.44. The topological polar surface area (TPSA) is 80.9 Å². The van der Waals surface area contributed by atoms with E-state index in [1.807, 2.05) is 45.0 Å². The average molecular weight is 327 g/mol. The first kappa shape index (κ1) is 17.6.